The first kappa shape index (κ1) is 19.4. The van der Waals surface area contributed by atoms with Crippen molar-refractivity contribution in [2.24, 2.45) is 0 Å². The van der Waals surface area contributed by atoms with Gasteiger partial charge in [0.05, 0.1) is 24.1 Å². The number of hydrogen-bond donors (Lipinski definition) is 2. The highest BCUT2D eigenvalue weighted by Gasteiger charge is 2.21. The van der Waals surface area contributed by atoms with Crippen LogP contribution < -0.4 is 10.6 Å². The van der Waals surface area contributed by atoms with Crippen molar-refractivity contribution in [2.75, 3.05) is 12.8 Å². The number of furan rings is 1. The first-order valence-electron chi connectivity index (χ1n) is 9.12. The SMILES string of the molecule is CSc1nc(-c2ccco2)nc(C)c1C(=O)NCC(=O)NC1CCCCC1. The van der Waals surface area contributed by atoms with Gasteiger partial charge >= 0.3 is 0 Å². The number of amides is 2. The van der Waals surface area contributed by atoms with E-state index in [2.05, 4.69) is 20.6 Å². The summed E-state index contributed by atoms with van der Waals surface area (Å²) in [6, 6.07) is 3.76. The fourth-order valence-corrected chi connectivity index (χ4v) is 3.87. The van der Waals surface area contributed by atoms with Crippen LogP contribution in [0.15, 0.2) is 27.8 Å². The molecule has 1 fully saturated rings. The molecular formula is C19H24N4O3S. The summed E-state index contributed by atoms with van der Waals surface area (Å²) in [6.45, 7) is 1.70. The Hall–Kier alpha value is -2.35. The summed E-state index contributed by atoms with van der Waals surface area (Å²) in [5.41, 5.74) is 0.939. The summed E-state index contributed by atoms with van der Waals surface area (Å²) in [7, 11) is 0. The lowest BCUT2D eigenvalue weighted by Gasteiger charge is -2.22. The van der Waals surface area contributed by atoms with Gasteiger partial charge in [0.15, 0.2) is 11.6 Å². The zero-order valence-corrected chi connectivity index (χ0v) is 16.4. The van der Waals surface area contributed by atoms with Gasteiger partial charge in [-0.1, -0.05) is 19.3 Å². The Kier molecular flexibility index (Phi) is 6.49. The predicted octanol–water partition coefficient (Wildman–Crippen LogP) is 2.95. The van der Waals surface area contributed by atoms with Gasteiger partial charge in [-0.15, -0.1) is 11.8 Å². The molecule has 2 N–H and O–H groups in total. The molecule has 3 rings (SSSR count). The topological polar surface area (TPSA) is 97.1 Å². The average Bonchev–Trinajstić information content (AvgIpc) is 3.21. The molecule has 1 aliphatic rings. The van der Waals surface area contributed by atoms with Crippen molar-refractivity contribution in [3.05, 3.63) is 29.7 Å². The second-order valence-electron chi connectivity index (χ2n) is 6.58. The molecule has 0 aliphatic heterocycles. The third-order valence-electron chi connectivity index (χ3n) is 4.60. The molecule has 7 nitrogen and oxygen atoms in total. The Morgan fingerprint density at radius 2 is 2.04 bits per heavy atom. The lowest BCUT2D eigenvalue weighted by Crippen LogP contribution is -2.42. The molecule has 0 radical (unpaired) electrons. The molecule has 0 unspecified atom stereocenters. The minimum atomic E-state index is -0.346. The van der Waals surface area contributed by atoms with Gasteiger partial charge in [-0.25, -0.2) is 9.97 Å². The number of thioether (sulfide) groups is 1. The summed E-state index contributed by atoms with van der Waals surface area (Å²) < 4.78 is 5.34. The molecule has 27 heavy (non-hydrogen) atoms. The highest BCUT2D eigenvalue weighted by Crippen LogP contribution is 2.25. The van der Waals surface area contributed by atoms with Crippen LogP contribution in [0.1, 0.15) is 48.2 Å². The zero-order valence-electron chi connectivity index (χ0n) is 15.6. The molecule has 2 heterocycles. The molecule has 0 bridgehead atoms. The van der Waals surface area contributed by atoms with E-state index >= 15 is 0 Å². The van der Waals surface area contributed by atoms with Crippen LogP contribution in [0.2, 0.25) is 0 Å². The van der Waals surface area contributed by atoms with Crippen molar-refractivity contribution in [1.29, 1.82) is 0 Å². The Morgan fingerprint density at radius 3 is 2.70 bits per heavy atom. The summed E-state index contributed by atoms with van der Waals surface area (Å²) in [5.74, 6) is 0.481. The number of nitrogens with one attached hydrogen (secondary N) is 2. The number of carbonyl (C=O) groups is 2. The third-order valence-corrected chi connectivity index (χ3v) is 5.28. The number of nitrogens with zero attached hydrogens (tertiary/aromatic N) is 2. The molecule has 2 amide bonds. The summed E-state index contributed by atoms with van der Waals surface area (Å²) >= 11 is 1.36. The molecular weight excluding hydrogens is 364 g/mol. The van der Waals surface area contributed by atoms with Crippen LogP contribution in [0.3, 0.4) is 0 Å². The Balaban J connectivity index is 1.66. The maximum absolute atomic E-state index is 12.6. The van der Waals surface area contributed by atoms with Crippen LogP contribution in [0, 0.1) is 6.92 Å². The van der Waals surface area contributed by atoms with Gasteiger partial charge in [0.25, 0.3) is 5.91 Å². The Labute approximate surface area is 162 Å². The van der Waals surface area contributed by atoms with E-state index in [0.717, 1.165) is 25.7 Å². The third kappa shape index (κ3) is 4.88. The Bertz CT molecular complexity index is 802. The normalized spacial score (nSPS) is 14.7. The van der Waals surface area contributed by atoms with E-state index in [9.17, 15) is 9.59 Å². The van der Waals surface area contributed by atoms with Crippen LogP contribution >= 0.6 is 11.8 Å². The van der Waals surface area contributed by atoms with Crippen molar-refractivity contribution in [1.82, 2.24) is 20.6 Å². The fraction of sp³-hybridized carbons (Fsp3) is 0.474. The van der Waals surface area contributed by atoms with Crippen LogP contribution in [0.5, 0.6) is 0 Å². The van der Waals surface area contributed by atoms with Crippen LogP contribution in [-0.4, -0.2) is 40.6 Å². The van der Waals surface area contributed by atoms with Gasteiger partial charge in [0.1, 0.15) is 5.03 Å². The van der Waals surface area contributed by atoms with Gasteiger partial charge in [-0.2, -0.15) is 0 Å². The van der Waals surface area contributed by atoms with Crippen LogP contribution in [0.25, 0.3) is 11.6 Å². The van der Waals surface area contributed by atoms with Crippen LogP contribution in [-0.2, 0) is 4.79 Å². The van der Waals surface area contributed by atoms with Crippen molar-refractivity contribution in [2.45, 2.75) is 50.1 Å². The lowest BCUT2D eigenvalue weighted by atomic mass is 9.95. The summed E-state index contributed by atoms with van der Waals surface area (Å²) in [6.07, 6.45) is 8.95. The van der Waals surface area contributed by atoms with E-state index in [4.69, 9.17) is 4.42 Å². The van der Waals surface area contributed by atoms with Crippen LogP contribution in [0.4, 0.5) is 0 Å². The Morgan fingerprint density at radius 1 is 1.26 bits per heavy atom. The molecule has 2 aromatic rings. The van der Waals surface area contributed by atoms with Crippen molar-refractivity contribution in [3.63, 3.8) is 0 Å². The van der Waals surface area contributed by atoms with Crippen molar-refractivity contribution >= 4 is 23.6 Å². The number of aromatic nitrogens is 2. The molecule has 0 saturated heterocycles. The maximum atomic E-state index is 12.6. The van der Waals surface area contributed by atoms with Gasteiger partial charge in [-0.3, -0.25) is 9.59 Å². The van der Waals surface area contributed by atoms with E-state index in [1.807, 2.05) is 6.26 Å². The van der Waals surface area contributed by atoms with E-state index in [1.54, 1.807) is 25.3 Å². The molecule has 1 saturated carbocycles. The molecule has 8 heteroatoms. The van der Waals surface area contributed by atoms with E-state index in [1.165, 1.54) is 18.2 Å². The maximum Gasteiger partial charge on any atom is 0.256 e. The molecule has 0 aromatic carbocycles. The number of hydrogen-bond acceptors (Lipinski definition) is 6. The number of aryl methyl sites for hydroxylation is 1. The largest absolute Gasteiger partial charge is 0.461 e. The summed E-state index contributed by atoms with van der Waals surface area (Å²) in [4.78, 5) is 33.6. The van der Waals surface area contributed by atoms with E-state index in [0.29, 0.717) is 27.9 Å². The van der Waals surface area contributed by atoms with Gasteiger partial charge in [0, 0.05) is 6.04 Å². The summed E-state index contributed by atoms with van der Waals surface area (Å²) in [5, 5.41) is 6.24. The van der Waals surface area contributed by atoms with Gasteiger partial charge in [0.2, 0.25) is 5.91 Å². The molecule has 0 atom stereocenters. The molecule has 144 valence electrons. The quantitative estimate of drug-likeness (QED) is 0.583. The minimum Gasteiger partial charge on any atom is -0.461 e. The molecule has 0 spiro atoms. The standard InChI is InChI=1S/C19H24N4O3S/c1-12-16(19(27-2)23-17(21-12)14-9-6-10-26-14)18(25)20-11-15(24)22-13-7-4-3-5-8-13/h6,9-10,13H,3-5,7-8,11H2,1-2H3,(H,20,25)(H,22,24). The zero-order chi connectivity index (χ0) is 19.2. The first-order valence-corrected chi connectivity index (χ1v) is 10.3. The smallest absolute Gasteiger partial charge is 0.256 e. The highest BCUT2D eigenvalue weighted by atomic mass is 32.2. The second kappa shape index (κ2) is 9.03. The molecule has 1 aliphatic carbocycles. The van der Waals surface area contributed by atoms with Crippen molar-refractivity contribution < 1.29 is 14.0 Å². The first-order chi connectivity index (χ1) is 13.1. The number of carbonyl (C=O) groups excluding carboxylic acids is 2. The second-order valence-corrected chi connectivity index (χ2v) is 7.37. The minimum absolute atomic E-state index is 0.0530. The lowest BCUT2D eigenvalue weighted by molar-refractivity contribution is -0.121. The van der Waals surface area contributed by atoms with Gasteiger partial charge < -0.3 is 15.1 Å². The van der Waals surface area contributed by atoms with Crippen molar-refractivity contribution in [3.8, 4) is 11.6 Å². The van der Waals surface area contributed by atoms with Gasteiger partial charge in [-0.05, 0) is 38.2 Å². The van der Waals surface area contributed by atoms with E-state index < -0.39 is 0 Å². The number of rotatable bonds is 6. The average molecular weight is 388 g/mol. The van der Waals surface area contributed by atoms with E-state index in [-0.39, 0.29) is 24.4 Å². The predicted molar refractivity (Wildman–Crippen MR) is 104 cm³/mol. The highest BCUT2D eigenvalue weighted by molar-refractivity contribution is 7.98. The monoisotopic (exact) mass is 388 g/mol. The fourth-order valence-electron chi connectivity index (χ4n) is 3.25. The molecule has 2 aromatic heterocycles.